The third-order valence-electron chi connectivity index (χ3n) is 3.02. The first kappa shape index (κ1) is 13.2. The van der Waals surface area contributed by atoms with Crippen molar-refractivity contribution in [2.24, 2.45) is 0 Å². The molecule has 1 unspecified atom stereocenters. The average molecular weight is 260 g/mol. The molecule has 1 aromatic carbocycles. The Morgan fingerprint density at radius 3 is 2.56 bits per heavy atom. The van der Waals surface area contributed by atoms with Gasteiger partial charge in [0.25, 0.3) is 0 Å². The second kappa shape index (κ2) is 6.66. The standard InChI is InChI=1S/C15H20N2S/c1-3-9-16-14(15-17-10-11-18-15)13-7-5-12(4-2)6-8-13/h5-8,10-11,14,16H,3-4,9H2,1-2H3. The topological polar surface area (TPSA) is 24.9 Å². The molecule has 0 fully saturated rings. The maximum Gasteiger partial charge on any atom is 0.114 e. The first-order valence-electron chi connectivity index (χ1n) is 6.56. The number of thiazole rings is 1. The van der Waals surface area contributed by atoms with Gasteiger partial charge in [-0.2, -0.15) is 0 Å². The number of hydrogen-bond acceptors (Lipinski definition) is 3. The summed E-state index contributed by atoms with van der Waals surface area (Å²) in [5, 5.41) is 6.76. The summed E-state index contributed by atoms with van der Waals surface area (Å²) in [6.07, 6.45) is 4.10. The molecule has 0 saturated heterocycles. The molecule has 0 spiro atoms. The lowest BCUT2D eigenvalue weighted by molar-refractivity contribution is 0.596. The minimum Gasteiger partial charge on any atom is -0.304 e. The summed E-state index contributed by atoms with van der Waals surface area (Å²) < 4.78 is 0. The molecule has 1 aromatic heterocycles. The summed E-state index contributed by atoms with van der Waals surface area (Å²) in [4.78, 5) is 4.44. The monoisotopic (exact) mass is 260 g/mol. The average Bonchev–Trinajstić information content (AvgIpc) is 2.94. The molecule has 2 nitrogen and oxygen atoms in total. The van der Waals surface area contributed by atoms with E-state index in [0.29, 0.717) is 0 Å². The van der Waals surface area contributed by atoms with Gasteiger partial charge in [-0.1, -0.05) is 38.1 Å². The first-order valence-corrected chi connectivity index (χ1v) is 7.44. The molecule has 1 heterocycles. The second-order valence-electron chi connectivity index (χ2n) is 4.35. The number of aryl methyl sites for hydroxylation is 1. The minimum atomic E-state index is 0.232. The lowest BCUT2D eigenvalue weighted by Crippen LogP contribution is -2.23. The van der Waals surface area contributed by atoms with Crippen molar-refractivity contribution in [2.75, 3.05) is 6.54 Å². The van der Waals surface area contributed by atoms with Crippen LogP contribution in [0, 0.1) is 0 Å². The van der Waals surface area contributed by atoms with Gasteiger partial charge in [0.05, 0.1) is 6.04 Å². The normalized spacial score (nSPS) is 12.6. The fourth-order valence-corrected chi connectivity index (χ4v) is 2.70. The quantitative estimate of drug-likeness (QED) is 0.854. The van der Waals surface area contributed by atoms with E-state index in [-0.39, 0.29) is 6.04 Å². The SMILES string of the molecule is CCCNC(c1ccc(CC)cc1)c1nccs1. The Morgan fingerprint density at radius 1 is 1.22 bits per heavy atom. The Bertz CT molecular complexity index is 448. The van der Waals surface area contributed by atoms with Crippen LogP contribution in [-0.2, 0) is 6.42 Å². The Balaban J connectivity index is 2.21. The zero-order valence-electron chi connectivity index (χ0n) is 11.0. The first-order chi connectivity index (χ1) is 8.85. The van der Waals surface area contributed by atoms with Gasteiger partial charge < -0.3 is 5.32 Å². The lowest BCUT2D eigenvalue weighted by atomic mass is 10.0. The zero-order valence-corrected chi connectivity index (χ0v) is 11.8. The van der Waals surface area contributed by atoms with Crippen molar-refractivity contribution >= 4 is 11.3 Å². The Hall–Kier alpha value is -1.19. The van der Waals surface area contributed by atoms with E-state index >= 15 is 0 Å². The third kappa shape index (κ3) is 3.18. The predicted octanol–water partition coefficient (Wildman–Crippen LogP) is 3.79. The molecule has 1 N–H and O–H groups in total. The highest BCUT2D eigenvalue weighted by molar-refractivity contribution is 7.09. The van der Waals surface area contributed by atoms with Gasteiger partial charge in [0, 0.05) is 11.6 Å². The van der Waals surface area contributed by atoms with Crippen molar-refractivity contribution in [3.05, 3.63) is 52.0 Å². The second-order valence-corrected chi connectivity index (χ2v) is 5.28. The highest BCUT2D eigenvalue weighted by atomic mass is 32.1. The molecular weight excluding hydrogens is 240 g/mol. The molecule has 96 valence electrons. The highest BCUT2D eigenvalue weighted by Gasteiger charge is 2.15. The van der Waals surface area contributed by atoms with Gasteiger partial charge in [0.2, 0.25) is 0 Å². The predicted molar refractivity (Wildman–Crippen MR) is 78.1 cm³/mol. The number of benzene rings is 1. The molecule has 0 aliphatic heterocycles. The van der Waals surface area contributed by atoms with E-state index in [4.69, 9.17) is 0 Å². The molecule has 0 aliphatic carbocycles. The van der Waals surface area contributed by atoms with E-state index in [1.165, 1.54) is 11.1 Å². The van der Waals surface area contributed by atoms with Crippen molar-refractivity contribution in [1.29, 1.82) is 0 Å². The van der Waals surface area contributed by atoms with Crippen LogP contribution < -0.4 is 5.32 Å². The summed E-state index contributed by atoms with van der Waals surface area (Å²) in [6.45, 7) is 5.38. The van der Waals surface area contributed by atoms with Crippen LogP contribution in [0.25, 0.3) is 0 Å². The van der Waals surface area contributed by atoms with Crippen molar-refractivity contribution in [3.8, 4) is 0 Å². The molecule has 0 bridgehead atoms. The molecule has 0 amide bonds. The Kier molecular flexibility index (Phi) is 4.90. The Labute approximate surface area is 113 Å². The maximum atomic E-state index is 4.44. The molecule has 3 heteroatoms. The third-order valence-corrected chi connectivity index (χ3v) is 3.86. The van der Waals surface area contributed by atoms with E-state index in [2.05, 4.69) is 48.4 Å². The molecule has 2 rings (SSSR count). The van der Waals surface area contributed by atoms with Gasteiger partial charge in [-0.3, -0.25) is 0 Å². The maximum absolute atomic E-state index is 4.44. The van der Waals surface area contributed by atoms with Crippen molar-refractivity contribution in [1.82, 2.24) is 10.3 Å². The number of nitrogens with zero attached hydrogens (tertiary/aromatic N) is 1. The molecule has 0 radical (unpaired) electrons. The molecule has 1 atom stereocenters. The van der Waals surface area contributed by atoms with Gasteiger partial charge in [0.1, 0.15) is 5.01 Å². The van der Waals surface area contributed by atoms with E-state index in [1.54, 1.807) is 11.3 Å². The van der Waals surface area contributed by atoms with Crippen LogP contribution in [0.2, 0.25) is 0 Å². The van der Waals surface area contributed by atoms with Crippen molar-refractivity contribution in [3.63, 3.8) is 0 Å². The Morgan fingerprint density at radius 2 is 2.00 bits per heavy atom. The van der Waals surface area contributed by atoms with Gasteiger partial charge in [-0.05, 0) is 30.5 Å². The van der Waals surface area contributed by atoms with E-state index < -0.39 is 0 Å². The van der Waals surface area contributed by atoms with Crippen LogP contribution in [0.1, 0.15) is 42.4 Å². The van der Waals surface area contributed by atoms with Crippen LogP contribution in [-0.4, -0.2) is 11.5 Å². The van der Waals surface area contributed by atoms with E-state index in [1.807, 2.05) is 11.6 Å². The molecule has 18 heavy (non-hydrogen) atoms. The van der Waals surface area contributed by atoms with Gasteiger partial charge in [0.15, 0.2) is 0 Å². The van der Waals surface area contributed by atoms with Crippen LogP contribution >= 0.6 is 11.3 Å². The van der Waals surface area contributed by atoms with Gasteiger partial charge in [-0.15, -0.1) is 11.3 Å². The summed E-state index contributed by atoms with van der Waals surface area (Å²) in [6, 6.07) is 9.09. The van der Waals surface area contributed by atoms with E-state index in [9.17, 15) is 0 Å². The van der Waals surface area contributed by atoms with Gasteiger partial charge >= 0.3 is 0 Å². The number of aromatic nitrogens is 1. The summed E-state index contributed by atoms with van der Waals surface area (Å²) >= 11 is 1.71. The van der Waals surface area contributed by atoms with E-state index in [0.717, 1.165) is 24.4 Å². The summed E-state index contributed by atoms with van der Waals surface area (Å²) in [7, 11) is 0. The summed E-state index contributed by atoms with van der Waals surface area (Å²) in [5.41, 5.74) is 2.68. The molecular formula is C15H20N2S. The number of hydrogen-bond donors (Lipinski definition) is 1. The molecule has 2 aromatic rings. The highest BCUT2D eigenvalue weighted by Crippen LogP contribution is 2.24. The van der Waals surface area contributed by atoms with Crippen LogP contribution in [0.5, 0.6) is 0 Å². The zero-order chi connectivity index (χ0) is 12.8. The number of rotatable bonds is 6. The van der Waals surface area contributed by atoms with Crippen molar-refractivity contribution < 1.29 is 0 Å². The van der Waals surface area contributed by atoms with Crippen LogP contribution in [0.4, 0.5) is 0 Å². The minimum absolute atomic E-state index is 0.232. The smallest absolute Gasteiger partial charge is 0.114 e. The molecule has 0 saturated carbocycles. The van der Waals surface area contributed by atoms with Gasteiger partial charge in [-0.25, -0.2) is 4.98 Å². The van der Waals surface area contributed by atoms with Crippen LogP contribution in [0.15, 0.2) is 35.8 Å². The van der Waals surface area contributed by atoms with Crippen molar-refractivity contribution in [2.45, 2.75) is 32.7 Å². The molecule has 0 aliphatic rings. The fourth-order valence-electron chi connectivity index (χ4n) is 1.96. The lowest BCUT2D eigenvalue weighted by Gasteiger charge is -2.17. The number of nitrogens with one attached hydrogen (secondary N) is 1. The van der Waals surface area contributed by atoms with Crippen LogP contribution in [0.3, 0.4) is 0 Å². The fraction of sp³-hybridized carbons (Fsp3) is 0.400. The summed E-state index contributed by atoms with van der Waals surface area (Å²) in [5.74, 6) is 0. The largest absolute Gasteiger partial charge is 0.304 e.